The minimum atomic E-state index is -0.0688. The van der Waals surface area contributed by atoms with E-state index in [1.54, 1.807) is 0 Å². The highest BCUT2D eigenvalue weighted by atomic mass is 15.1. The van der Waals surface area contributed by atoms with Crippen molar-refractivity contribution >= 4 is 38.9 Å². The highest BCUT2D eigenvalue weighted by Crippen LogP contribution is 2.49. The Kier molecular flexibility index (Phi) is 8.20. The number of benzene rings is 9. The predicted molar refractivity (Wildman–Crippen MR) is 249 cm³/mol. The van der Waals surface area contributed by atoms with Gasteiger partial charge in [-0.25, -0.2) is 0 Å². The van der Waals surface area contributed by atoms with Gasteiger partial charge < -0.3 is 9.47 Å². The largest absolute Gasteiger partial charge is 0.310 e. The van der Waals surface area contributed by atoms with E-state index in [0.717, 1.165) is 17.1 Å². The zero-order chi connectivity index (χ0) is 39.5. The molecule has 0 aliphatic heterocycles. The average molecular weight is 755 g/mol. The van der Waals surface area contributed by atoms with Gasteiger partial charge in [0.1, 0.15) is 0 Å². The Bertz CT molecular complexity index is 3070. The van der Waals surface area contributed by atoms with Crippen molar-refractivity contribution in [2.75, 3.05) is 4.90 Å². The lowest BCUT2D eigenvalue weighted by Gasteiger charge is -2.26. The van der Waals surface area contributed by atoms with E-state index in [-0.39, 0.29) is 5.41 Å². The minimum Gasteiger partial charge on any atom is -0.310 e. The quantitative estimate of drug-likeness (QED) is 0.157. The molecule has 0 N–H and O–H groups in total. The zero-order valence-corrected chi connectivity index (χ0v) is 33.2. The summed E-state index contributed by atoms with van der Waals surface area (Å²) >= 11 is 0. The molecule has 0 saturated carbocycles. The first kappa shape index (κ1) is 34.8. The highest BCUT2D eigenvalue weighted by molar-refractivity contribution is 6.10. The molecule has 0 fully saturated rings. The molecule has 11 rings (SSSR count). The molecule has 1 aromatic heterocycles. The Balaban J connectivity index is 1.01. The first-order valence-corrected chi connectivity index (χ1v) is 20.5. The van der Waals surface area contributed by atoms with Crippen molar-refractivity contribution in [1.82, 2.24) is 4.57 Å². The predicted octanol–water partition coefficient (Wildman–Crippen LogP) is 15.6. The van der Waals surface area contributed by atoms with E-state index in [2.05, 4.69) is 242 Å². The van der Waals surface area contributed by atoms with Gasteiger partial charge in [0.05, 0.1) is 11.0 Å². The number of aromatic nitrogens is 1. The monoisotopic (exact) mass is 754 g/mol. The lowest BCUT2D eigenvalue weighted by atomic mass is 9.82. The molecule has 0 spiro atoms. The van der Waals surface area contributed by atoms with Gasteiger partial charge in [0.25, 0.3) is 0 Å². The molecule has 59 heavy (non-hydrogen) atoms. The molecular weight excluding hydrogens is 713 g/mol. The van der Waals surface area contributed by atoms with Crippen molar-refractivity contribution in [1.29, 1.82) is 0 Å². The molecule has 9 aromatic carbocycles. The molecular formula is C57H42N2. The molecule has 280 valence electrons. The molecule has 0 saturated heterocycles. The third-order valence-electron chi connectivity index (χ3n) is 12.4. The van der Waals surface area contributed by atoms with Crippen LogP contribution in [0.4, 0.5) is 17.1 Å². The third kappa shape index (κ3) is 5.87. The van der Waals surface area contributed by atoms with E-state index in [1.807, 2.05) is 0 Å². The summed E-state index contributed by atoms with van der Waals surface area (Å²) in [4.78, 5) is 2.37. The van der Waals surface area contributed by atoms with Gasteiger partial charge in [-0.05, 0) is 122 Å². The summed E-state index contributed by atoms with van der Waals surface area (Å²) in [5.41, 5.74) is 19.5. The van der Waals surface area contributed by atoms with Gasteiger partial charge in [0.15, 0.2) is 0 Å². The SMILES string of the molecule is CC1(C)c2ccccc2-c2ccc(-n3c4ccccc4c4cc(-c5cccc(N(c6ccc(-c7ccccc7)cc6)c6ccc(-c7ccccc7)cc6)c5)ccc43)cc21. The fraction of sp³-hybridized carbons (Fsp3) is 0.0526. The van der Waals surface area contributed by atoms with Gasteiger partial charge in [-0.15, -0.1) is 0 Å². The van der Waals surface area contributed by atoms with Crippen molar-refractivity contribution in [3.8, 4) is 50.2 Å². The zero-order valence-electron chi connectivity index (χ0n) is 33.2. The topological polar surface area (TPSA) is 8.17 Å². The van der Waals surface area contributed by atoms with Crippen molar-refractivity contribution in [2.24, 2.45) is 0 Å². The van der Waals surface area contributed by atoms with E-state index in [0.29, 0.717) is 0 Å². The summed E-state index contributed by atoms with van der Waals surface area (Å²) in [6.45, 7) is 4.71. The standard InChI is InChI=1S/C57H42N2/c1-57(2)53-22-11-9-20-49(53)50-34-33-48(38-54(50)57)59-55-23-12-10-21-51(55)52-37-44(28-35-56(52)59)43-18-13-19-47(36-43)58(45-29-24-41(25-30-45)39-14-5-3-6-15-39)46-31-26-42(27-32-46)40-16-7-4-8-17-40/h3-38H,1-2H3. The van der Waals surface area contributed by atoms with Crippen LogP contribution in [0.2, 0.25) is 0 Å². The molecule has 0 amide bonds. The Morgan fingerprint density at radius 2 is 0.864 bits per heavy atom. The first-order chi connectivity index (χ1) is 29.0. The van der Waals surface area contributed by atoms with Crippen LogP contribution >= 0.6 is 0 Å². The fourth-order valence-electron chi connectivity index (χ4n) is 9.40. The molecule has 2 heteroatoms. The number of rotatable bonds is 7. The summed E-state index contributed by atoms with van der Waals surface area (Å²) in [6, 6.07) is 79.7. The summed E-state index contributed by atoms with van der Waals surface area (Å²) in [5, 5.41) is 2.50. The lowest BCUT2D eigenvalue weighted by molar-refractivity contribution is 0.660. The summed E-state index contributed by atoms with van der Waals surface area (Å²) in [7, 11) is 0. The second-order valence-electron chi connectivity index (χ2n) is 16.2. The van der Waals surface area contributed by atoms with Crippen molar-refractivity contribution in [3.63, 3.8) is 0 Å². The molecule has 2 nitrogen and oxygen atoms in total. The fourth-order valence-corrected chi connectivity index (χ4v) is 9.40. The van der Waals surface area contributed by atoms with Crippen molar-refractivity contribution in [3.05, 3.63) is 230 Å². The highest BCUT2D eigenvalue weighted by Gasteiger charge is 2.35. The van der Waals surface area contributed by atoms with Gasteiger partial charge in [0, 0.05) is 38.9 Å². The van der Waals surface area contributed by atoms with Gasteiger partial charge in [-0.3, -0.25) is 0 Å². The molecule has 1 aliphatic carbocycles. The Morgan fingerprint density at radius 3 is 1.56 bits per heavy atom. The van der Waals surface area contributed by atoms with Gasteiger partial charge >= 0.3 is 0 Å². The Morgan fingerprint density at radius 1 is 0.339 bits per heavy atom. The second-order valence-corrected chi connectivity index (χ2v) is 16.2. The van der Waals surface area contributed by atoms with Crippen LogP contribution in [-0.4, -0.2) is 4.57 Å². The summed E-state index contributed by atoms with van der Waals surface area (Å²) in [5.74, 6) is 0. The maximum absolute atomic E-state index is 2.45. The van der Waals surface area contributed by atoms with E-state index in [9.17, 15) is 0 Å². The van der Waals surface area contributed by atoms with Crippen LogP contribution in [0.3, 0.4) is 0 Å². The smallest absolute Gasteiger partial charge is 0.0541 e. The average Bonchev–Trinajstić information content (AvgIpc) is 3.75. The normalized spacial score (nSPS) is 12.7. The van der Waals surface area contributed by atoms with Crippen LogP contribution in [-0.2, 0) is 5.41 Å². The van der Waals surface area contributed by atoms with E-state index < -0.39 is 0 Å². The molecule has 0 radical (unpaired) electrons. The number of hydrogen-bond acceptors (Lipinski definition) is 1. The van der Waals surface area contributed by atoms with Crippen molar-refractivity contribution < 1.29 is 0 Å². The molecule has 1 heterocycles. The number of fused-ring (bicyclic) bond motifs is 6. The van der Waals surface area contributed by atoms with Crippen LogP contribution < -0.4 is 4.90 Å². The molecule has 0 atom stereocenters. The summed E-state index contributed by atoms with van der Waals surface area (Å²) < 4.78 is 2.45. The van der Waals surface area contributed by atoms with E-state index in [1.165, 1.54) is 83.1 Å². The van der Waals surface area contributed by atoms with Crippen LogP contribution in [0.15, 0.2) is 218 Å². The third-order valence-corrected chi connectivity index (χ3v) is 12.4. The first-order valence-electron chi connectivity index (χ1n) is 20.5. The van der Waals surface area contributed by atoms with Gasteiger partial charge in [-0.1, -0.05) is 166 Å². The number of para-hydroxylation sites is 1. The van der Waals surface area contributed by atoms with Crippen LogP contribution in [0.25, 0.3) is 72.0 Å². The van der Waals surface area contributed by atoms with Gasteiger partial charge in [-0.2, -0.15) is 0 Å². The summed E-state index contributed by atoms with van der Waals surface area (Å²) in [6.07, 6.45) is 0. The van der Waals surface area contributed by atoms with E-state index in [4.69, 9.17) is 0 Å². The molecule has 10 aromatic rings. The van der Waals surface area contributed by atoms with Crippen LogP contribution in [0, 0.1) is 0 Å². The maximum Gasteiger partial charge on any atom is 0.0541 e. The van der Waals surface area contributed by atoms with Crippen molar-refractivity contribution in [2.45, 2.75) is 19.3 Å². The Labute approximate surface area is 345 Å². The minimum absolute atomic E-state index is 0.0688. The molecule has 1 aliphatic rings. The van der Waals surface area contributed by atoms with Crippen LogP contribution in [0.5, 0.6) is 0 Å². The molecule has 0 bridgehead atoms. The molecule has 0 unspecified atom stereocenters. The number of nitrogens with zero attached hydrogens (tertiary/aromatic N) is 2. The maximum atomic E-state index is 2.45. The number of anilines is 3. The Hall–Kier alpha value is -7.42. The second kappa shape index (κ2) is 13.9. The van der Waals surface area contributed by atoms with Gasteiger partial charge in [0.2, 0.25) is 0 Å². The van der Waals surface area contributed by atoms with E-state index >= 15 is 0 Å². The number of hydrogen-bond donors (Lipinski definition) is 0. The lowest BCUT2D eigenvalue weighted by Crippen LogP contribution is -2.15. The van der Waals surface area contributed by atoms with Crippen LogP contribution in [0.1, 0.15) is 25.0 Å².